The van der Waals surface area contributed by atoms with Crippen LogP contribution >= 0.6 is 0 Å². The molecule has 0 heterocycles. The van der Waals surface area contributed by atoms with E-state index in [1.54, 1.807) is 20.3 Å². The quantitative estimate of drug-likeness (QED) is 0.629. The number of aliphatic imine (C=N–C) groups is 1. The fourth-order valence-corrected chi connectivity index (χ4v) is 4.39. The molecular weight excluding hydrogens is 266 g/mol. The van der Waals surface area contributed by atoms with Crippen molar-refractivity contribution in [1.29, 1.82) is 0 Å². The lowest BCUT2D eigenvalue weighted by Crippen LogP contribution is -2.11. The maximum atomic E-state index is 10.8. The average molecular weight is 285 g/mol. The summed E-state index contributed by atoms with van der Waals surface area (Å²) < 4.78 is 11.4. The summed E-state index contributed by atoms with van der Waals surface area (Å²) in [6.45, 7) is 0. The maximum Gasteiger partial charge on any atom is 0.235 e. The first kappa shape index (κ1) is 12.9. The molecule has 1 aromatic carbocycles. The van der Waals surface area contributed by atoms with E-state index in [1.807, 2.05) is 6.07 Å². The summed E-state index contributed by atoms with van der Waals surface area (Å²) in [5, 5.41) is 0. The van der Waals surface area contributed by atoms with Crippen LogP contribution in [0.15, 0.2) is 11.1 Å². The van der Waals surface area contributed by atoms with E-state index in [0.29, 0.717) is 11.8 Å². The highest BCUT2D eigenvalue weighted by Gasteiger charge is 2.50. The minimum absolute atomic E-state index is 0.419. The first-order chi connectivity index (χ1) is 10.2. The van der Waals surface area contributed by atoms with Gasteiger partial charge in [-0.25, -0.2) is 4.79 Å². The molecule has 2 bridgehead atoms. The van der Waals surface area contributed by atoms with Gasteiger partial charge in [-0.1, -0.05) is 0 Å². The second-order valence-corrected chi connectivity index (χ2v) is 6.43. The van der Waals surface area contributed by atoms with E-state index < -0.39 is 5.54 Å². The zero-order valence-corrected chi connectivity index (χ0v) is 12.4. The van der Waals surface area contributed by atoms with Crippen molar-refractivity contribution in [3.05, 3.63) is 22.8 Å². The summed E-state index contributed by atoms with van der Waals surface area (Å²) >= 11 is 0. The normalized spacial score (nSPS) is 27.0. The first-order valence-electron chi connectivity index (χ1n) is 7.62. The molecule has 3 aliphatic rings. The molecule has 110 valence electrons. The van der Waals surface area contributed by atoms with E-state index in [-0.39, 0.29) is 0 Å². The molecule has 0 N–H and O–H groups in total. The third-order valence-electron chi connectivity index (χ3n) is 5.48. The van der Waals surface area contributed by atoms with Crippen molar-refractivity contribution < 1.29 is 14.3 Å². The molecule has 21 heavy (non-hydrogen) atoms. The Kier molecular flexibility index (Phi) is 2.67. The fraction of sp³-hybridized carbons (Fsp3) is 0.588. The number of nitrogens with zero attached hydrogens (tertiary/aromatic N) is 1. The first-order valence-corrected chi connectivity index (χ1v) is 7.62. The van der Waals surface area contributed by atoms with E-state index >= 15 is 0 Å². The van der Waals surface area contributed by atoms with Gasteiger partial charge in [0.05, 0.1) is 14.2 Å². The van der Waals surface area contributed by atoms with Crippen molar-refractivity contribution in [2.24, 2.45) is 4.99 Å². The highest BCUT2D eigenvalue weighted by Crippen LogP contribution is 2.63. The number of isocyanates is 1. The van der Waals surface area contributed by atoms with Gasteiger partial charge in [-0.15, -0.1) is 0 Å². The molecule has 3 aliphatic carbocycles. The van der Waals surface area contributed by atoms with Gasteiger partial charge in [-0.3, -0.25) is 0 Å². The van der Waals surface area contributed by atoms with Gasteiger partial charge in [0.15, 0.2) is 0 Å². The molecule has 4 nitrogen and oxygen atoms in total. The second-order valence-electron chi connectivity index (χ2n) is 6.43. The number of fused-ring (bicyclic) bond motifs is 5. The van der Waals surface area contributed by atoms with Gasteiger partial charge in [0.2, 0.25) is 6.08 Å². The number of carbonyl (C=O) groups excluding carboxylic acids is 1. The second kappa shape index (κ2) is 4.35. The van der Waals surface area contributed by atoms with Gasteiger partial charge >= 0.3 is 0 Å². The Morgan fingerprint density at radius 2 is 1.90 bits per heavy atom. The van der Waals surface area contributed by atoms with E-state index in [2.05, 4.69) is 4.99 Å². The van der Waals surface area contributed by atoms with E-state index in [4.69, 9.17) is 9.47 Å². The van der Waals surface area contributed by atoms with Gasteiger partial charge in [0.25, 0.3) is 0 Å². The molecule has 4 heteroatoms. The number of ether oxygens (including phenoxy) is 2. The number of methoxy groups -OCH3 is 2. The van der Waals surface area contributed by atoms with Crippen LogP contribution in [0.3, 0.4) is 0 Å². The van der Waals surface area contributed by atoms with E-state index in [0.717, 1.165) is 29.9 Å². The van der Waals surface area contributed by atoms with Crippen LogP contribution in [-0.2, 0) is 10.3 Å². The van der Waals surface area contributed by atoms with Crippen molar-refractivity contribution >= 4 is 6.08 Å². The molecule has 2 atom stereocenters. The van der Waals surface area contributed by atoms with Crippen molar-refractivity contribution in [1.82, 2.24) is 0 Å². The summed E-state index contributed by atoms with van der Waals surface area (Å²) in [4.78, 5) is 14.9. The number of rotatable bonds is 4. The molecule has 0 spiro atoms. The molecule has 2 saturated carbocycles. The van der Waals surface area contributed by atoms with Crippen molar-refractivity contribution in [3.63, 3.8) is 0 Å². The van der Waals surface area contributed by atoms with Gasteiger partial charge in [0, 0.05) is 16.7 Å². The SMILES string of the molecule is COc1cc(C2(N=C=O)CC2)c(OC)c2c1C1CCC2C1. The minimum atomic E-state index is -0.419. The predicted octanol–water partition coefficient (Wildman–Crippen LogP) is 3.39. The standard InChI is InChI=1S/C17H19NO3/c1-20-13-8-12(17(5-6-17)18-9-19)16(21-2)15-11-4-3-10(7-11)14(13)15/h8,10-11H,3-7H2,1-2H3. The third-order valence-corrected chi connectivity index (χ3v) is 5.48. The molecule has 2 unspecified atom stereocenters. The molecule has 0 saturated heterocycles. The Balaban J connectivity index is 1.97. The van der Waals surface area contributed by atoms with Crippen molar-refractivity contribution in [3.8, 4) is 11.5 Å². The average Bonchev–Trinajstić information content (AvgIpc) is 2.99. The topological polar surface area (TPSA) is 47.9 Å². The monoisotopic (exact) mass is 285 g/mol. The molecule has 2 fully saturated rings. The Bertz CT molecular complexity index is 656. The van der Waals surface area contributed by atoms with Crippen LogP contribution in [0.25, 0.3) is 0 Å². The summed E-state index contributed by atoms with van der Waals surface area (Å²) in [6.07, 6.45) is 7.18. The Labute approximate surface area is 124 Å². The van der Waals surface area contributed by atoms with Gasteiger partial charge in [0.1, 0.15) is 17.0 Å². The summed E-state index contributed by atoms with van der Waals surface area (Å²) in [5.74, 6) is 3.06. The number of hydrogen-bond acceptors (Lipinski definition) is 4. The van der Waals surface area contributed by atoms with Crippen LogP contribution in [0.5, 0.6) is 11.5 Å². The summed E-state index contributed by atoms with van der Waals surface area (Å²) in [6, 6.07) is 2.05. The molecule has 0 radical (unpaired) electrons. The number of benzene rings is 1. The minimum Gasteiger partial charge on any atom is -0.496 e. The third kappa shape index (κ3) is 1.63. The largest absolute Gasteiger partial charge is 0.496 e. The van der Waals surface area contributed by atoms with Crippen LogP contribution in [-0.4, -0.2) is 20.3 Å². The van der Waals surface area contributed by atoms with Crippen LogP contribution in [0, 0.1) is 0 Å². The van der Waals surface area contributed by atoms with Crippen LogP contribution < -0.4 is 9.47 Å². The molecular formula is C17H19NO3. The fourth-order valence-electron chi connectivity index (χ4n) is 4.39. The van der Waals surface area contributed by atoms with E-state index in [1.165, 1.54) is 30.4 Å². The lowest BCUT2D eigenvalue weighted by atomic mass is 9.86. The smallest absolute Gasteiger partial charge is 0.235 e. The van der Waals surface area contributed by atoms with Crippen molar-refractivity contribution in [2.45, 2.75) is 49.5 Å². The Morgan fingerprint density at radius 1 is 1.19 bits per heavy atom. The molecule has 1 aromatic rings. The zero-order valence-electron chi connectivity index (χ0n) is 12.4. The molecule has 0 aromatic heterocycles. The van der Waals surface area contributed by atoms with Gasteiger partial charge in [-0.2, -0.15) is 4.99 Å². The van der Waals surface area contributed by atoms with Crippen molar-refractivity contribution in [2.75, 3.05) is 14.2 Å². The highest BCUT2D eigenvalue weighted by atomic mass is 16.5. The maximum absolute atomic E-state index is 10.8. The molecule has 0 amide bonds. The Morgan fingerprint density at radius 3 is 2.48 bits per heavy atom. The van der Waals surface area contributed by atoms with Crippen LogP contribution in [0.4, 0.5) is 0 Å². The van der Waals surface area contributed by atoms with Gasteiger partial charge in [-0.05, 0) is 50.0 Å². The summed E-state index contributed by atoms with van der Waals surface area (Å²) in [7, 11) is 3.44. The highest BCUT2D eigenvalue weighted by molar-refractivity contribution is 5.63. The lowest BCUT2D eigenvalue weighted by molar-refractivity contribution is 0.382. The number of hydrogen-bond donors (Lipinski definition) is 0. The molecule has 0 aliphatic heterocycles. The van der Waals surface area contributed by atoms with E-state index in [9.17, 15) is 4.79 Å². The van der Waals surface area contributed by atoms with Gasteiger partial charge < -0.3 is 9.47 Å². The summed E-state index contributed by atoms with van der Waals surface area (Å²) in [5.41, 5.74) is 3.24. The van der Waals surface area contributed by atoms with Crippen LogP contribution in [0.2, 0.25) is 0 Å². The predicted molar refractivity (Wildman–Crippen MR) is 77.9 cm³/mol. The van der Waals surface area contributed by atoms with Crippen LogP contribution in [0.1, 0.15) is 60.6 Å². The molecule has 4 rings (SSSR count). The zero-order chi connectivity index (χ0) is 14.6. The Hall–Kier alpha value is -1.80. The lowest BCUT2D eigenvalue weighted by Gasteiger charge is -2.25.